The van der Waals surface area contributed by atoms with Crippen molar-refractivity contribution in [3.05, 3.63) is 28.3 Å². The van der Waals surface area contributed by atoms with E-state index in [1.807, 2.05) is 26.0 Å². The van der Waals surface area contributed by atoms with Crippen molar-refractivity contribution in [1.29, 1.82) is 0 Å². The first-order valence-corrected chi connectivity index (χ1v) is 6.96. The number of carbonyl (C=O) groups is 2. The lowest BCUT2D eigenvalue weighted by Crippen LogP contribution is -2.37. The van der Waals surface area contributed by atoms with Crippen molar-refractivity contribution < 1.29 is 9.59 Å². The highest BCUT2D eigenvalue weighted by molar-refractivity contribution is 6.32. The summed E-state index contributed by atoms with van der Waals surface area (Å²) in [5.41, 5.74) is 2.65. The summed E-state index contributed by atoms with van der Waals surface area (Å²) in [6, 6.07) is 3.32. The average Bonchev–Trinajstić information content (AvgIpc) is 2.45. The molecule has 20 heavy (non-hydrogen) atoms. The first-order chi connectivity index (χ1) is 9.53. The first-order valence-electron chi connectivity index (χ1n) is 6.59. The van der Waals surface area contributed by atoms with Gasteiger partial charge in [-0.1, -0.05) is 31.5 Å². The van der Waals surface area contributed by atoms with Crippen LogP contribution in [0, 0.1) is 0 Å². The van der Waals surface area contributed by atoms with Gasteiger partial charge in [-0.25, -0.2) is 4.79 Å². The number of anilines is 1. The van der Waals surface area contributed by atoms with Crippen LogP contribution >= 0.6 is 11.6 Å². The molecule has 110 valence electrons. The molecule has 1 rings (SSSR count). The largest absolute Gasteiger partial charge is 0.358 e. The van der Waals surface area contributed by atoms with Crippen molar-refractivity contribution in [3.8, 4) is 0 Å². The molecule has 0 saturated carbocycles. The molecule has 1 aromatic carbocycles. The molecule has 1 aromatic rings. The van der Waals surface area contributed by atoms with Crippen molar-refractivity contribution in [2.24, 2.45) is 0 Å². The maximum Gasteiger partial charge on any atom is 0.319 e. The van der Waals surface area contributed by atoms with Crippen molar-refractivity contribution >= 4 is 29.2 Å². The molecule has 0 bridgehead atoms. The minimum atomic E-state index is -0.416. The van der Waals surface area contributed by atoms with E-state index in [1.165, 1.54) is 7.05 Å². The molecule has 3 amide bonds. The Bertz CT molecular complexity index is 503. The Labute approximate surface area is 124 Å². The molecule has 0 fully saturated rings. The monoisotopic (exact) mass is 297 g/mol. The standard InChI is InChI=1S/C14H20ClN3O2/c1-4-9-6-7-11(15)10(5-2)13(9)18-14(20)17-8-12(19)16-3/h6-7H,4-5,8H2,1-3H3,(H,16,19)(H2,17,18,20). The fourth-order valence-corrected chi connectivity index (χ4v) is 2.16. The van der Waals surface area contributed by atoms with Gasteiger partial charge < -0.3 is 16.0 Å². The molecule has 0 aliphatic carbocycles. The highest BCUT2D eigenvalue weighted by atomic mass is 35.5. The number of likely N-dealkylation sites (N-methyl/N-ethyl adjacent to an activating group) is 1. The molecule has 0 unspecified atom stereocenters. The fraction of sp³-hybridized carbons (Fsp3) is 0.429. The SMILES string of the molecule is CCc1ccc(Cl)c(CC)c1NC(=O)NCC(=O)NC. The van der Waals surface area contributed by atoms with Gasteiger partial charge in [-0.3, -0.25) is 4.79 Å². The summed E-state index contributed by atoms with van der Waals surface area (Å²) in [5, 5.41) is 8.35. The molecule has 0 spiro atoms. The van der Waals surface area contributed by atoms with E-state index in [9.17, 15) is 9.59 Å². The molecule has 5 nitrogen and oxygen atoms in total. The Morgan fingerprint density at radius 3 is 2.45 bits per heavy atom. The predicted molar refractivity (Wildman–Crippen MR) is 81.3 cm³/mol. The molecular weight excluding hydrogens is 278 g/mol. The number of halogens is 1. The quantitative estimate of drug-likeness (QED) is 0.780. The Hall–Kier alpha value is -1.75. The third-order valence-corrected chi connectivity index (χ3v) is 3.36. The molecule has 0 radical (unpaired) electrons. The van der Waals surface area contributed by atoms with Crippen LogP contribution in [0.1, 0.15) is 25.0 Å². The number of nitrogens with one attached hydrogen (secondary N) is 3. The van der Waals surface area contributed by atoms with Gasteiger partial charge in [-0.15, -0.1) is 0 Å². The molecule has 6 heteroatoms. The Morgan fingerprint density at radius 1 is 1.20 bits per heavy atom. The zero-order valence-electron chi connectivity index (χ0n) is 12.0. The second-order valence-corrected chi connectivity index (χ2v) is 4.66. The van der Waals surface area contributed by atoms with Crippen molar-refractivity contribution in [2.75, 3.05) is 18.9 Å². The number of rotatable bonds is 5. The van der Waals surface area contributed by atoms with Gasteiger partial charge in [-0.2, -0.15) is 0 Å². The van der Waals surface area contributed by atoms with Gasteiger partial charge in [0.25, 0.3) is 0 Å². The summed E-state index contributed by atoms with van der Waals surface area (Å²) in [5.74, 6) is -0.252. The van der Waals surface area contributed by atoms with Crippen LogP contribution in [0.15, 0.2) is 12.1 Å². The molecule has 0 heterocycles. The minimum Gasteiger partial charge on any atom is -0.358 e. The number of carbonyl (C=O) groups excluding carboxylic acids is 2. The predicted octanol–water partition coefficient (Wildman–Crippen LogP) is 2.33. The number of aryl methyl sites for hydroxylation is 1. The summed E-state index contributed by atoms with van der Waals surface area (Å²) in [6.45, 7) is 3.93. The zero-order valence-corrected chi connectivity index (χ0v) is 12.7. The van der Waals surface area contributed by atoms with Crippen LogP contribution in [-0.2, 0) is 17.6 Å². The van der Waals surface area contributed by atoms with E-state index in [0.29, 0.717) is 5.02 Å². The third-order valence-electron chi connectivity index (χ3n) is 3.00. The van der Waals surface area contributed by atoms with E-state index in [1.54, 1.807) is 0 Å². The van der Waals surface area contributed by atoms with Gasteiger partial charge in [0.05, 0.1) is 12.2 Å². The Morgan fingerprint density at radius 2 is 1.90 bits per heavy atom. The topological polar surface area (TPSA) is 70.2 Å². The lowest BCUT2D eigenvalue weighted by atomic mass is 10.0. The van der Waals surface area contributed by atoms with E-state index >= 15 is 0 Å². The van der Waals surface area contributed by atoms with Crippen LogP contribution in [0.2, 0.25) is 5.02 Å². The number of benzene rings is 1. The molecule has 0 aromatic heterocycles. The lowest BCUT2D eigenvalue weighted by Gasteiger charge is -2.16. The molecule has 0 atom stereocenters. The minimum absolute atomic E-state index is 0.0637. The lowest BCUT2D eigenvalue weighted by molar-refractivity contribution is -0.119. The number of hydrogen-bond donors (Lipinski definition) is 3. The van der Waals surface area contributed by atoms with Crippen LogP contribution in [0.4, 0.5) is 10.5 Å². The van der Waals surface area contributed by atoms with Crippen molar-refractivity contribution in [2.45, 2.75) is 26.7 Å². The summed E-state index contributed by atoms with van der Waals surface area (Å²) < 4.78 is 0. The molecule has 0 aliphatic heterocycles. The van der Waals surface area contributed by atoms with Gasteiger partial charge in [0, 0.05) is 12.1 Å². The van der Waals surface area contributed by atoms with Crippen LogP contribution in [0.25, 0.3) is 0 Å². The summed E-state index contributed by atoms with van der Waals surface area (Å²) in [7, 11) is 1.52. The zero-order chi connectivity index (χ0) is 15.1. The Balaban J connectivity index is 2.87. The van der Waals surface area contributed by atoms with Crippen LogP contribution < -0.4 is 16.0 Å². The van der Waals surface area contributed by atoms with E-state index in [-0.39, 0.29) is 12.5 Å². The summed E-state index contributed by atoms with van der Waals surface area (Å²) in [6.07, 6.45) is 1.51. The van der Waals surface area contributed by atoms with Gasteiger partial charge in [0.2, 0.25) is 5.91 Å². The molecule has 0 saturated heterocycles. The second kappa shape index (κ2) is 7.75. The van der Waals surface area contributed by atoms with E-state index in [4.69, 9.17) is 11.6 Å². The van der Waals surface area contributed by atoms with Gasteiger partial charge in [-0.05, 0) is 30.0 Å². The first kappa shape index (κ1) is 16.3. The second-order valence-electron chi connectivity index (χ2n) is 4.25. The summed E-state index contributed by atoms with van der Waals surface area (Å²) in [4.78, 5) is 22.9. The van der Waals surface area contributed by atoms with Crippen LogP contribution in [-0.4, -0.2) is 25.5 Å². The fourth-order valence-electron chi connectivity index (χ4n) is 1.87. The van der Waals surface area contributed by atoms with Gasteiger partial charge in [0.15, 0.2) is 0 Å². The number of amides is 3. The van der Waals surface area contributed by atoms with E-state index in [0.717, 1.165) is 29.7 Å². The van der Waals surface area contributed by atoms with Crippen molar-refractivity contribution in [1.82, 2.24) is 10.6 Å². The normalized spacial score (nSPS) is 10.0. The van der Waals surface area contributed by atoms with Gasteiger partial charge >= 0.3 is 6.03 Å². The van der Waals surface area contributed by atoms with Gasteiger partial charge in [0.1, 0.15) is 0 Å². The maximum absolute atomic E-state index is 11.8. The molecule has 0 aliphatic rings. The van der Waals surface area contributed by atoms with E-state index in [2.05, 4.69) is 16.0 Å². The molecular formula is C14H20ClN3O2. The summed E-state index contributed by atoms with van der Waals surface area (Å²) >= 11 is 6.16. The third kappa shape index (κ3) is 4.13. The number of hydrogen-bond acceptors (Lipinski definition) is 2. The molecule has 3 N–H and O–H groups in total. The highest BCUT2D eigenvalue weighted by Gasteiger charge is 2.13. The average molecular weight is 298 g/mol. The Kier molecular flexibility index (Phi) is 6.31. The maximum atomic E-state index is 11.8. The van der Waals surface area contributed by atoms with Crippen molar-refractivity contribution in [3.63, 3.8) is 0 Å². The number of urea groups is 1. The van der Waals surface area contributed by atoms with Crippen LogP contribution in [0.3, 0.4) is 0 Å². The van der Waals surface area contributed by atoms with Crippen LogP contribution in [0.5, 0.6) is 0 Å². The van der Waals surface area contributed by atoms with E-state index < -0.39 is 6.03 Å². The smallest absolute Gasteiger partial charge is 0.319 e. The highest BCUT2D eigenvalue weighted by Crippen LogP contribution is 2.29.